The maximum Gasteiger partial charge on any atom is 0.123 e. The van der Waals surface area contributed by atoms with Crippen molar-refractivity contribution >= 4 is 23.2 Å². The van der Waals surface area contributed by atoms with Gasteiger partial charge in [-0.05, 0) is 54.9 Å². The molecule has 0 radical (unpaired) electrons. The second-order valence-corrected chi connectivity index (χ2v) is 5.16. The van der Waals surface area contributed by atoms with Gasteiger partial charge in [-0.25, -0.2) is 4.39 Å². The van der Waals surface area contributed by atoms with Crippen LogP contribution in [0, 0.1) is 5.82 Å². The minimum Gasteiger partial charge on any atom is -0.489 e. The highest BCUT2D eigenvalue weighted by molar-refractivity contribution is 6.31. The quantitative estimate of drug-likeness (QED) is 0.897. The number of benzene rings is 2. The van der Waals surface area contributed by atoms with Crippen molar-refractivity contribution in [2.24, 2.45) is 5.73 Å². The van der Waals surface area contributed by atoms with E-state index in [-0.39, 0.29) is 12.4 Å². The summed E-state index contributed by atoms with van der Waals surface area (Å²) in [6.07, 6.45) is 0.660. The minimum atomic E-state index is -0.341. The minimum absolute atomic E-state index is 0.190. The van der Waals surface area contributed by atoms with E-state index in [0.29, 0.717) is 34.3 Å². The van der Waals surface area contributed by atoms with Crippen molar-refractivity contribution in [2.75, 3.05) is 6.54 Å². The van der Waals surface area contributed by atoms with Crippen LogP contribution in [0.1, 0.15) is 11.1 Å². The Balaban J connectivity index is 2.16. The van der Waals surface area contributed by atoms with Crippen molar-refractivity contribution in [3.8, 4) is 5.75 Å². The van der Waals surface area contributed by atoms with Crippen molar-refractivity contribution in [1.29, 1.82) is 0 Å². The molecule has 5 heteroatoms. The highest BCUT2D eigenvalue weighted by Crippen LogP contribution is 2.25. The Morgan fingerprint density at radius 1 is 1.05 bits per heavy atom. The van der Waals surface area contributed by atoms with E-state index in [4.69, 9.17) is 33.7 Å². The molecular weight excluding hydrogens is 300 g/mol. The lowest BCUT2D eigenvalue weighted by molar-refractivity contribution is 0.302. The van der Waals surface area contributed by atoms with Crippen molar-refractivity contribution in [3.63, 3.8) is 0 Å². The molecule has 0 unspecified atom stereocenters. The van der Waals surface area contributed by atoms with E-state index in [0.717, 1.165) is 5.56 Å². The molecular formula is C15H14Cl2FNO. The van der Waals surface area contributed by atoms with Gasteiger partial charge >= 0.3 is 0 Å². The second-order valence-electron chi connectivity index (χ2n) is 4.32. The first-order valence-corrected chi connectivity index (χ1v) is 6.91. The predicted octanol–water partition coefficient (Wildman–Crippen LogP) is 4.21. The van der Waals surface area contributed by atoms with E-state index in [2.05, 4.69) is 0 Å². The van der Waals surface area contributed by atoms with E-state index in [1.807, 2.05) is 6.07 Å². The number of ether oxygens (including phenoxy) is 1. The number of hydrogen-bond donors (Lipinski definition) is 1. The molecule has 2 aromatic rings. The Hall–Kier alpha value is -1.29. The number of nitrogens with two attached hydrogens (primary N) is 1. The van der Waals surface area contributed by atoms with Gasteiger partial charge in [0.05, 0.1) is 0 Å². The van der Waals surface area contributed by atoms with Crippen molar-refractivity contribution in [2.45, 2.75) is 13.0 Å². The summed E-state index contributed by atoms with van der Waals surface area (Å²) >= 11 is 11.9. The van der Waals surface area contributed by atoms with E-state index in [1.54, 1.807) is 12.1 Å². The summed E-state index contributed by atoms with van der Waals surface area (Å²) in [5.74, 6) is 0.339. The molecule has 0 aliphatic heterocycles. The van der Waals surface area contributed by atoms with Crippen LogP contribution in [-0.4, -0.2) is 6.54 Å². The van der Waals surface area contributed by atoms with E-state index in [1.165, 1.54) is 18.2 Å². The lowest BCUT2D eigenvalue weighted by Gasteiger charge is -2.12. The van der Waals surface area contributed by atoms with Gasteiger partial charge in [0.1, 0.15) is 18.2 Å². The Kier molecular flexibility index (Phi) is 5.24. The van der Waals surface area contributed by atoms with Crippen molar-refractivity contribution < 1.29 is 9.13 Å². The molecule has 2 rings (SSSR count). The van der Waals surface area contributed by atoms with Crippen LogP contribution in [0.5, 0.6) is 5.75 Å². The summed E-state index contributed by atoms with van der Waals surface area (Å²) < 4.78 is 18.9. The van der Waals surface area contributed by atoms with Crippen LogP contribution in [-0.2, 0) is 13.0 Å². The molecule has 2 aromatic carbocycles. The van der Waals surface area contributed by atoms with Crippen LogP contribution in [0.2, 0.25) is 10.0 Å². The highest BCUT2D eigenvalue weighted by Gasteiger charge is 2.07. The zero-order valence-corrected chi connectivity index (χ0v) is 12.2. The van der Waals surface area contributed by atoms with Gasteiger partial charge < -0.3 is 10.5 Å². The van der Waals surface area contributed by atoms with Gasteiger partial charge in [-0.2, -0.15) is 0 Å². The zero-order valence-electron chi connectivity index (χ0n) is 10.7. The Morgan fingerprint density at radius 3 is 2.60 bits per heavy atom. The topological polar surface area (TPSA) is 35.2 Å². The van der Waals surface area contributed by atoms with Gasteiger partial charge in [-0.15, -0.1) is 0 Å². The molecule has 0 spiro atoms. The maximum absolute atomic E-state index is 13.2. The van der Waals surface area contributed by atoms with Crippen molar-refractivity contribution in [1.82, 2.24) is 0 Å². The molecule has 106 valence electrons. The summed E-state index contributed by atoms with van der Waals surface area (Å²) in [6.45, 7) is 0.688. The molecule has 0 atom stereocenters. The average Bonchev–Trinajstić information content (AvgIpc) is 2.42. The SMILES string of the molecule is NCCc1cc(Cl)ccc1OCc1cc(F)ccc1Cl. The first-order valence-electron chi connectivity index (χ1n) is 6.15. The second kappa shape index (κ2) is 6.93. The van der Waals surface area contributed by atoms with Gasteiger partial charge in [-0.1, -0.05) is 23.2 Å². The third-order valence-electron chi connectivity index (χ3n) is 2.83. The molecule has 2 N–H and O–H groups in total. The van der Waals surface area contributed by atoms with E-state index in [9.17, 15) is 4.39 Å². The summed E-state index contributed by atoms with van der Waals surface area (Å²) in [4.78, 5) is 0. The van der Waals surface area contributed by atoms with Crippen LogP contribution >= 0.6 is 23.2 Å². The molecule has 0 aliphatic rings. The normalized spacial score (nSPS) is 10.6. The number of rotatable bonds is 5. The van der Waals surface area contributed by atoms with Gasteiger partial charge in [-0.3, -0.25) is 0 Å². The monoisotopic (exact) mass is 313 g/mol. The first-order chi connectivity index (χ1) is 9.60. The summed E-state index contributed by atoms with van der Waals surface area (Å²) in [5.41, 5.74) is 7.08. The molecule has 0 aliphatic carbocycles. The predicted molar refractivity (Wildman–Crippen MR) is 80.0 cm³/mol. The molecule has 2 nitrogen and oxygen atoms in total. The Labute approximate surface area is 127 Å². The molecule has 0 amide bonds. The molecule has 0 bridgehead atoms. The van der Waals surface area contributed by atoms with Gasteiger partial charge in [0.25, 0.3) is 0 Å². The summed E-state index contributed by atoms with van der Waals surface area (Å²) in [7, 11) is 0. The number of hydrogen-bond acceptors (Lipinski definition) is 2. The van der Waals surface area contributed by atoms with E-state index < -0.39 is 0 Å². The first kappa shape index (κ1) is 15.1. The molecule has 0 fully saturated rings. The fourth-order valence-corrected chi connectivity index (χ4v) is 2.22. The maximum atomic E-state index is 13.2. The lowest BCUT2D eigenvalue weighted by Crippen LogP contribution is -2.06. The summed E-state index contributed by atoms with van der Waals surface area (Å²) in [6, 6.07) is 9.52. The van der Waals surface area contributed by atoms with Gasteiger partial charge in [0.2, 0.25) is 0 Å². The van der Waals surface area contributed by atoms with Gasteiger partial charge in [0.15, 0.2) is 0 Å². The molecule has 20 heavy (non-hydrogen) atoms. The summed E-state index contributed by atoms with van der Waals surface area (Å²) in [5, 5.41) is 1.10. The molecule has 0 heterocycles. The van der Waals surface area contributed by atoms with Crippen LogP contribution in [0.25, 0.3) is 0 Å². The average molecular weight is 314 g/mol. The standard InChI is InChI=1S/C15H14Cl2FNO/c16-12-1-4-15(10(7-12)5-6-19)20-9-11-8-13(18)2-3-14(11)17/h1-4,7-8H,5-6,9,19H2. The van der Waals surface area contributed by atoms with E-state index >= 15 is 0 Å². The fraction of sp³-hybridized carbons (Fsp3) is 0.200. The smallest absolute Gasteiger partial charge is 0.123 e. The fourth-order valence-electron chi connectivity index (χ4n) is 1.85. The Bertz CT molecular complexity index is 604. The third kappa shape index (κ3) is 3.85. The third-order valence-corrected chi connectivity index (χ3v) is 3.43. The van der Waals surface area contributed by atoms with Crippen molar-refractivity contribution in [3.05, 3.63) is 63.4 Å². The number of halogens is 3. The molecule has 0 saturated carbocycles. The van der Waals surface area contributed by atoms with Crippen LogP contribution < -0.4 is 10.5 Å². The molecule has 0 aromatic heterocycles. The van der Waals surface area contributed by atoms with Crippen LogP contribution in [0.15, 0.2) is 36.4 Å². The van der Waals surface area contributed by atoms with Crippen LogP contribution in [0.4, 0.5) is 4.39 Å². The van der Waals surface area contributed by atoms with Crippen LogP contribution in [0.3, 0.4) is 0 Å². The largest absolute Gasteiger partial charge is 0.489 e. The molecule has 0 saturated heterocycles. The van der Waals surface area contributed by atoms with Gasteiger partial charge in [0, 0.05) is 15.6 Å². The Morgan fingerprint density at radius 2 is 1.85 bits per heavy atom. The lowest BCUT2D eigenvalue weighted by atomic mass is 10.1. The highest BCUT2D eigenvalue weighted by atomic mass is 35.5. The zero-order chi connectivity index (χ0) is 14.5.